The van der Waals surface area contributed by atoms with E-state index >= 15 is 0 Å². The summed E-state index contributed by atoms with van der Waals surface area (Å²) in [6.45, 7) is 18.5. The lowest BCUT2D eigenvalue weighted by Gasteiger charge is -2.23. The molecule has 0 fully saturated rings. The summed E-state index contributed by atoms with van der Waals surface area (Å²) in [5, 5.41) is 2.75. The Bertz CT molecular complexity index is 1610. The molecule has 0 atom stereocenters. The van der Waals surface area contributed by atoms with E-state index in [0.717, 1.165) is 12.8 Å². The Morgan fingerprint density at radius 2 is 1.10 bits per heavy atom. The van der Waals surface area contributed by atoms with Gasteiger partial charge in [-0.15, -0.1) is 0 Å². The second kappa shape index (κ2) is 12.1. The van der Waals surface area contributed by atoms with Gasteiger partial charge in [0.2, 0.25) is 0 Å². The number of aryl methyl sites for hydroxylation is 2. The highest BCUT2D eigenvalue weighted by atomic mass is 14.3. The van der Waals surface area contributed by atoms with Gasteiger partial charge in [-0.3, -0.25) is 0 Å². The van der Waals surface area contributed by atoms with Gasteiger partial charge < -0.3 is 0 Å². The summed E-state index contributed by atoms with van der Waals surface area (Å²) in [5.74, 6) is 0. The first-order valence-corrected chi connectivity index (χ1v) is 16.2. The smallest absolute Gasteiger partial charge is 0.00296 e. The molecule has 0 amide bonds. The highest BCUT2D eigenvalue weighted by Gasteiger charge is 2.24. The average molecular weight is 555 g/mol. The maximum atomic E-state index is 2.47. The van der Waals surface area contributed by atoms with Crippen molar-refractivity contribution in [1.29, 1.82) is 0 Å². The van der Waals surface area contributed by atoms with Gasteiger partial charge in [-0.1, -0.05) is 147 Å². The number of hydrogen-bond donors (Lipinski definition) is 0. The minimum absolute atomic E-state index is 0.00304. The molecule has 5 rings (SSSR count). The Morgan fingerprint density at radius 3 is 1.57 bits per heavy atom. The topological polar surface area (TPSA) is 0 Å². The predicted molar refractivity (Wildman–Crippen MR) is 184 cm³/mol. The van der Waals surface area contributed by atoms with Crippen molar-refractivity contribution in [2.75, 3.05) is 0 Å². The number of rotatable bonds is 8. The Labute approximate surface area is 255 Å². The maximum absolute atomic E-state index is 2.47. The molecule has 0 aliphatic heterocycles. The first kappa shape index (κ1) is 30.1. The Kier molecular flexibility index (Phi) is 8.66. The quantitative estimate of drug-likeness (QED) is 0.179. The van der Waals surface area contributed by atoms with Crippen molar-refractivity contribution in [2.24, 2.45) is 0 Å². The average Bonchev–Trinajstić information content (AvgIpc) is 3.34. The van der Waals surface area contributed by atoms with Gasteiger partial charge in [0.05, 0.1) is 0 Å². The van der Waals surface area contributed by atoms with Crippen LogP contribution in [0.15, 0.2) is 78.9 Å². The van der Waals surface area contributed by atoms with Crippen molar-refractivity contribution < 1.29 is 0 Å². The first-order valence-electron chi connectivity index (χ1n) is 16.2. The van der Waals surface area contributed by atoms with Crippen molar-refractivity contribution in [3.63, 3.8) is 0 Å². The lowest BCUT2D eigenvalue weighted by Crippen LogP contribution is -2.37. The highest BCUT2D eigenvalue weighted by molar-refractivity contribution is 5.87. The minimum Gasteiger partial charge on any atom is -0.0654 e. The van der Waals surface area contributed by atoms with E-state index < -0.39 is 0 Å². The lowest BCUT2D eigenvalue weighted by molar-refractivity contribution is 0.585. The number of hydrogen-bond acceptors (Lipinski definition) is 0. The SMILES string of the molecule is CCCCc1ccc(C(c2ccc(CCCC)cc2)=c2c(C(C)(C)C)ccc3c2=Cc2cc(C(C)(C)C)ccc2-3)cc1. The molecule has 0 heteroatoms. The highest BCUT2D eigenvalue weighted by Crippen LogP contribution is 2.33. The lowest BCUT2D eigenvalue weighted by atomic mass is 9.81. The third-order valence-corrected chi connectivity index (χ3v) is 8.93. The zero-order valence-corrected chi connectivity index (χ0v) is 27.3. The zero-order chi connectivity index (χ0) is 30.1. The second-order valence-electron chi connectivity index (χ2n) is 14.4. The summed E-state index contributed by atoms with van der Waals surface area (Å²) in [7, 11) is 0. The van der Waals surface area contributed by atoms with E-state index in [1.807, 2.05) is 0 Å². The Balaban J connectivity index is 1.84. The van der Waals surface area contributed by atoms with Crippen molar-refractivity contribution in [3.8, 4) is 11.1 Å². The molecule has 0 aromatic heterocycles. The van der Waals surface area contributed by atoms with Gasteiger partial charge in [0.1, 0.15) is 0 Å². The summed E-state index contributed by atoms with van der Waals surface area (Å²) >= 11 is 0. The van der Waals surface area contributed by atoms with Gasteiger partial charge in [0, 0.05) is 0 Å². The Hall–Kier alpha value is -3.38. The summed E-state index contributed by atoms with van der Waals surface area (Å²) in [4.78, 5) is 0. The van der Waals surface area contributed by atoms with Crippen molar-refractivity contribution in [1.82, 2.24) is 0 Å². The molecule has 0 unspecified atom stereocenters. The summed E-state index contributed by atoms with van der Waals surface area (Å²) in [6, 6.07) is 30.8. The molecule has 42 heavy (non-hydrogen) atoms. The van der Waals surface area contributed by atoms with E-state index in [0.29, 0.717) is 0 Å². The van der Waals surface area contributed by atoms with E-state index in [2.05, 4.69) is 140 Å². The fourth-order valence-corrected chi connectivity index (χ4v) is 6.34. The van der Waals surface area contributed by atoms with Crippen LogP contribution in [0.3, 0.4) is 0 Å². The molecule has 0 spiro atoms. The number of benzene rings is 4. The molecule has 0 saturated heterocycles. The minimum atomic E-state index is -0.00304. The molecular formula is C42H50. The zero-order valence-electron chi connectivity index (χ0n) is 27.3. The second-order valence-corrected chi connectivity index (χ2v) is 14.4. The van der Waals surface area contributed by atoms with Crippen LogP contribution in [0.1, 0.15) is 120 Å². The predicted octanol–water partition coefficient (Wildman–Crippen LogP) is 10.0. The molecule has 0 bridgehead atoms. The van der Waals surface area contributed by atoms with Gasteiger partial charge >= 0.3 is 0 Å². The van der Waals surface area contributed by atoms with Gasteiger partial charge in [0.15, 0.2) is 0 Å². The van der Waals surface area contributed by atoms with E-state index in [1.165, 1.54) is 91.8 Å². The van der Waals surface area contributed by atoms with Crippen LogP contribution in [0.5, 0.6) is 0 Å². The number of fused-ring (bicyclic) bond motifs is 3. The summed E-state index contributed by atoms with van der Waals surface area (Å²) in [5.41, 5.74) is 13.8. The third-order valence-electron chi connectivity index (χ3n) is 8.93. The molecule has 4 aromatic rings. The van der Waals surface area contributed by atoms with E-state index in [-0.39, 0.29) is 10.8 Å². The standard InChI is InChI=1S/C42H50/c1-9-11-13-29-15-19-31(20-16-29)39(32-21-17-30(18-22-32)14-12-10-2)40-37-28-33-27-34(41(3,4)5)23-24-35(33)36(37)25-26-38(40)42(6,7)8/h15-28H,9-14H2,1-8H3. The van der Waals surface area contributed by atoms with Crippen molar-refractivity contribution in [2.45, 2.75) is 105 Å². The molecule has 0 nitrogen and oxygen atoms in total. The monoisotopic (exact) mass is 554 g/mol. The van der Waals surface area contributed by atoms with Crippen LogP contribution in [-0.4, -0.2) is 0 Å². The summed E-state index contributed by atoms with van der Waals surface area (Å²) in [6.07, 6.45) is 9.68. The summed E-state index contributed by atoms with van der Waals surface area (Å²) < 4.78 is 0. The maximum Gasteiger partial charge on any atom is -0.00296 e. The van der Waals surface area contributed by atoms with Gasteiger partial charge in [-0.05, 0) is 109 Å². The van der Waals surface area contributed by atoms with Crippen LogP contribution < -0.4 is 10.4 Å². The Morgan fingerprint density at radius 1 is 0.571 bits per heavy atom. The molecular weight excluding hydrogens is 504 g/mol. The van der Waals surface area contributed by atoms with Crippen LogP contribution in [0.25, 0.3) is 22.8 Å². The molecule has 1 aliphatic rings. The van der Waals surface area contributed by atoms with Gasteiger partial charge in [-0.2, -0.15) is 0 Å². The molecule has 0 radical (unpaired) electrons. The van der Waals surface area contributed by atoms with Gasteiger partial charge in [0.25, 0.3) is 0 Å². The van der Waals surface area contributed by atoms with Crippen LogP contribution in [0.4, 0.5) is 0 Å². The number of unbranched alkanes of at least 4 members (excludes halogenated alkanes) is 2. The molecule has 218 valence electrons. The van der Waals surface area contributed by atoms with Crippen LogP contribution in [0.2, 0.25) is 0 Å². The molecule has 4 aromatic carbocycles. The normalized spacial score (nSPS) is 12.6. The van der Waals surface area contributed by atoms with Gasteiger partial charge in [-0.25, -0.2) is 0 Å². The fourth-order valence-electron chi connectivity index (χ4n) is 6.34. The van der Waals surface area contributed by atoms with Crippen LogP contribution in [0, 0.1) is 0 Å². The van der Waals surface area contributed by atoms with E-state index in [9.17, 15) is 0 Å². The third kappa shape index (κ3) is 6.19. The molecule has 0 saturated carbocycles. The molecule has 0 heterocycles. The largest absolute Gasteiger partial charge is 0.0654 e. The fraction of sp³-hybridized carbons (Fsp3) is 0.381. The van der Waals surface area contributed by atoms with E-state index in [1.54, 1.807) is 0 Å². The molecule has 1 aliphatic carbocycles. The molecule has 0 N–H and O–H groups in total. The van der Waals surface area contributed by atoms with Crippen molar-refractivity contribution in [3.05, 3.63) is 128 Å². The van der Waals surface area contributed by atoms with E-state index in [4.69, 9.17) is 0 Å². The van der Waals surface area contributed by atoms with Crippen molar-refractivity contribution >= 4 is 11.6 Å². The van der Waals surface area contributed by atoms with Crippen LogP contribution >= 0.6 is 0 Å². The van der Waals surface area contributed by atoms with Crippen LogP contribution in [-0.2, 0) is 23.7 Å². The first-order chi connectivity index (χ1) is 20.0.